The molecule has 4 nitrogen and oxygen atoms in total. The first-order valence-electron chi connectivity index (χ1n) is 14.9. The molecule has 0 spiro atoms. The molecule has 14 heteroatoms. The van der Waals surface area contributed by atoms with E-state index in [1.165, 1.54) is 48.6 Å². The van der Waals surface area contributed by atoms with Gasteiger partial charge in [-0.05, 0) is 54.1 Å². The van der Waals surface area contributed by atoms with E-state index >= 15 is 17.6 Å². The van der Waals surface area contributed by atoms with Gasteiger partial charge in [0, 0.05) is 38.8 Å². The number of H-pyrrole nitrogens is 3. The molecule has 51 heavy (non-hydrogen) atoms. The van der Waals surface area contributed by atoms with Gasteiger partial charge >= 0.3 is 0 Å². The van der Waals surface area contributed by atoms with E-state index in [1.807, 2.05) is 0 Å². The average molecular weight is 707 g/mol. The lowest BCUT2D eigenvalue weighted by Gasteiger charge is -2.10. The van der Waals surface area contributed by atoms with Gasteiger partial charge in [0.15, 0.2) is 46.5 Å². The third kappa shape index (κ3) is 4.81. The van der Waals surface area contributed by atoms with Crippen molar-refractivity contribution in [1.82, 2.24) is 19.9 Å². The van der Waals surface area contributed by atoms with Crippen molar-refractivity contribution in [3.05, 3.63) is 136 Å². The first kappa shape index (κ1) is 31.9. The van der Waals surface area contributed by atoms with Crippen LogP contribution in [0.5, 0.6) is 0 Å². The summed E-state index contributed by atoms with van der Waals surface area (Å²) in [4.78, 5) is 13.3. The van der Waals surface area contributed by atoms with Crippen molar-refractivity contribution in [1.29, 1.82) is 0 Å². The molecule has 0 saturated heterocycles. The van der Waals surface area contributed by atoms with Crippen LogP contribution < -0.4 is 0 Å². The number of aromatic amines is 3. The smallest absolute Gasteiger partial charge is 0.200 e. The maximum atomic E-state index is 15.4. The van der Waals surface area contributed by atoms with E-state index in [2.05, 4.69) is 19.9 Å². The van der Waals surface area contributed by atoms with Crippen LogP contribution in [0, 0.1) is 58.2 Å². The van der Waals surface area contributed by atoms with Gasteiger partial charge in [-0.25, -0.2) is 48.9 Å². The van der Waals surface area contributed by atoms with Crippen molar-refractivity contribution in [2.45, 2.75) is 0 Å². The molecule has 5 heterocycles. The number of rotatable bonds is 3. The second-order valence-electron chi connectivity index (χ2n) is 11.5. The van der Waals surface area contributed by atoms with Gasteiger partial charge < -0.3 is 15.0 Å². The molecule has 3 aromatic carbocycles. The summed E-state index contributed by atoms with van der Waals surface area (Å²) in [5.74, 6) is -21.8. The molecular formula is C37H16F10N4. The Morgan fingerprint density at radius 1 is 0.314 bits per heavy atom. The lowest BCUT2D eigenvalue weighted by molar-refractivity contribution is 0.381. The molecule has 0 unspecified atom stereocenters. The normalized spacial score (nSPS) is 12.0. The topological polar surface area (TPSA) is 60.3 Å². The van der Waals surface area contributed by atoms with Crippen molar-refractivity contribution in [3.63, 3.8) is 0 Å². The third-order valence-corrected chi connectivity index (χ3v) is 8.56. The van der Waals surface area contributed by atoms with Crippen molar-refractivity contribution in [2.75, 3.05) is 0 Å². The lowest BCUT2D eigenvalue weighted by Crippen LogP contribution is -2.05. The van der Waals surface area contributed by atoms with Gasteiger partial charge in [-0.3, -0.25) is 0 Å². The second-order valence-corrected chi connectivity index (χ2v) is 11.5. The van der Waals surface area contributed by atoms with E-state index in [1.54, 1.807) is 30.3 Å². The van der Waals surface area contributed by atoms with E-state index in [-0.39, 0.29) is 50.1 Å². The predicted octanol–water partition coefficient (Wildman–Crippen LogP) is 11.1. The van der Waals surface area contributed by atoms with Crippen LogP contribution in [0.2, 0.25) is 0 Å². The Labute approximate surface area is 278 Å². The molecule has 0 fully saturated rings. The van der Waals surface area contributed by atoms with Gasteiger partial charge in [0.25, 0.3) is 0 Å². The Morgan fingerprint density at radius 2 is 0.647 bits per heavy atom. The monoisotopic (exact) mass is 706 g/mol. The number of aromatic nitrogens is 4. The van der Waals surface area contributed by atoms with E-state index in [4.69, 9.17) is 0 Å². The van der Waals surface area contributed by atoms with Crippen LogP contribution in [0.25, 0.3) is 78.6 Å². The summed E-state index contributed by atoms with van der Waals surface area (Å²) in [5.41, 5.74) is -2.59. The molecule has 0 atom stereocenters. The second kappa shape index (κ2) is 11.6. The number of hydrogen-bond acceptors (Lipinski definition) is 1. The highest BCUT2D eigenvalue weighted by Crippen LogP contribution is 2.40. The van der Waals surface area contributed by atoms with Crippen LogP contribution in [0.4, 0.5) is 43.9 Å². The standard InChI is InChI=1S/C37H16F10N4/c38-28-26(29(39)33(43)36(46)32(28)42)24-19-8-6-15(48-19)16-7-9-20(49-16)25(27-30(40)34(44)37(47)35(45)31(27)41)22-13-11-18(51-22)23(14-4-2-1-3-5-14)17-10-12-21(24)50-17/h1-13,48-50H. The number of nitrogens with one attached hydrogen (secondary N) is 3. The van der Waals surface area contributed by atoms with E-state index < -0.39 is 80.4 Å². The van der Waals surface area contributed by atoms with Crippen LogP contribution in [-0.4, -0.2) is 19.9 Å². The summed E-state index contributed by atoms with van der Waals surface area (Å²) in [5, 5.41) is 0. The fourth-order valence-electron chi connectivity index (χ4n) is 6.23. The highest BCUT2D eigenvalue weighted by molar-refractivity contribution is 6.00. The Morgan fingerprint density at radius 3 is 1.12 bits per heavy atom. The molecule has 8 rings (SSSR count). The fourth-order valence-corrected chi connectivity index (χ4v) is 6.23. The Bertz CT molecular complexity index is 2700. The molecule has 1 aliphatic heterocycles. The van der Waals surface area contributed by atoms with Crippen molar-refractivity contribution in [2.24, 2.45) is 0 Å². The van der Waals surface area contributed by atoms with Gasteiger partial charge in [-0.1, -0.05) is 30.3 Å². The fraction of sp³-hybridized carbons (Fsp3) is 0. The summed E-state index contributed by atoms with van der Waals surface area (Å²) in [6.07, 6.45) is 2.73. The number of benzene rings is 3. The van der Waals surface area contributed by atoms with Crippen LogP contribution in [0.3, 0.4) is 0 Å². The first-order valence-corrected chi connectivity index (χ1v) is 14.9. The van der Waals surface area contributed by atoms with Crippen molar-refractivity contribution < 1.29 is 43.9 Å². The summed E-state index contributed by atoms with van der Waals surface area (Å²) < 4.78 is 148. The van der Waals surface area contributed by atoms with Crippen LogP contribution in [0.15, 0.2) is 66.7 Å². The number of fused-ring (bicyclic) bond motifs is 9. The summed E-state index contributed by atoms with van der Waals surface area (Å²) in [7, 11) is 0. The minimum atomic E-state index is -2.35. The molecule has 3 N–H and O–H groups in total. The molecule has 8 bridgehead atoms. The van der Waals surface area contributed by atoms with Crippen LogP contribution in [-0.2, 0) is 0 Å². The molecule has 0 radical (unpaired) electrons. The zero-order chi connectivity index (χ0) is 35.9. The molecule has 0 saturated carbocycles. The summed E-state index contributed by atoms with van der Waals surface area (Å²) >= 11 is 0. The zero-order valence-electron chi connectivity index (χ0n) is 25.2. The molecular weight excluding hydrogens is 690 g/mol. The number of hydrogen-bond donors (Lipinski definition) is 3. The average Bonchev–Trinajstić information content (AvgIpc) is 3.97. The van der Waals surface area contributed by atoms with Crippen LogP contribution >= 0.6 is 0 Å². The van der Waals surface area contributed by atoms with Crippen LogP contribution in [0.1, 0.15) is 11.4 Å². The Hall–Kier alpha value is -6.31. The maximum absolute atomic E-state index is 15.4. The van der Waals surface area contributed by atoms with E-state index in [0.29, 0.717) is 5.56 Å². The molecule has 0 aliphatic carbocycles. The molecule has 7 aromatic rings. The first-order chi connectivity index (χ1) is 24.5. The van der Waals surface area contributed by atoms with E-state index in [9.17, 15) is 26.3 Å². The maximum Gasteiger partial charge on any atom is 0.200 e. The summed E-state index contributed by atoms with van der Waals surface area (Å²) in [6, 6.07) is 16.5. The highest BCUT2D eigenvalue weighted by Gasteiger charge is 2.31. The molecule has 1 aliphatic rings. The van der Waals surface area contributed by atoms with Gasteiger partial charge in [0.05, 0.1) is 33.5 Å². The van der Waals surface area contributed by atoms with Gasteiger partial charge in [-0.2, -0.15) is 0 Å². The Kier molecular flexibility index (Phi) is 7.29. The van der Waals surface area contributed by atoms with Crippen molar-refractivity contribution in [3.8, 4) is 33.4 Å². The molecule has 254 valence electrons. The largest absolute Gasteiger partial charge is 0.354 e. The number of nitrogens with zero attached hydrogens (tertiary/aromatic N) is 1. The molecule has 4 aromatic heterocycles. The summed E-state index contributed by atoms with van der Waals surface area (Å²) in [6.45, 7) is 0. The number of halogens is 10. The van der Waals surface area contributed by atoms with Gasteiger partial charge in [-0.15, -0.1) is 0 Å². The quantitative estimate of drug-likeness (QED) is 0.0956. The Balaban J connectivity index is 1.60. The molecule has 0 amide bonds. The third-order valence-electron chi connectivity index (χ3n) is 8.56. The minimum absolute atomic E-state index is 0.0856. The van der Waals surface area contributed by atoms with Gasteiger partial charge in [0.2, 0.25) is 11.6 Å². The SMILES string of the molecule is Fc1c(F)c(F)c(-c2c3nc(c(-c4ccccc4)c4ccc([nH]4)c(-c4c(F)c(F)c(F)c(F)c4F)c4ccc([nH]4)c4ccc2[nH]4)C=C3)c(F)c1F. The van der Waals surface area contributed by atoms with Gasteiger partial charge in [0.1, 0.15) is 0 Å². The highest BCUT2D eigenvalue weighted by atomic mass is 19.2. The lowest BCUT2D eigenvalue weighted by atomic mass is 10.0. The van der Waals surface area contributed by atoms with Crippen molar-refractivity contribution >= 4 is 45.3 Å². The van der Waals surface area contributed by atoms with E-state index in [0.717, 1.165) is 0 Å². The predicted molar refractivity (Wildman–Crippen MR) is 171 cm³/mol. The zero-order valence-corrected chi connectivity index (χ0v) is 25.2. The minimum Gasteiger partial charge on any atom is -0.354 e.